The number of likely N-dealkylation sites (tertiary alicyclic amines) is 1. The number of hydrogen-bond acceptors (Lipinski definition) is 6. The predicted molar refractivity (Wildman–Crippen MR) is 89.9 cm³/mol. The van der Waals surface area contributed by atoms with Gasteiger partial charge in [-0.05, 0) is 30.5 Å². The van der Waals surface area contributed by atoms with E-state index in [1.165, 1.54) is 26.5 Å². The Kier molecular flexibility index (Phi) is 5.33. The van der Waals surface area contributed by atoms with Gasteiger partial charge in [0.25, 0.3) is 0 Å². The molecule has 0 unspecified atom stereocenters. The summed E-state index contributed by atoms with van der Waals surface area (Å²) in [7, 11) is 2.94. The third kappa shape index (κ3) is 3.76. The van der Waals surface area contributed by atoms with Gasteiger partial charge in [0.05, 0.1) is 25.4 Å². The van der Waals surface area contributed by atoms with E-state index in [1.807, 2.05) is 0 Å². The fourth-order valence-corrected chi connectivity index (χ4v) is 3.17. The number of nitrogens with zero attached hydrogens (tertiary/aromatic N) is 3. The number of ether oxygens (including phenoxy) is 2. The van der Waals surface area contributed by atoms with Crippen molar-refractivity contribution >= 4 is 0 Å². The standard InChI is InChI=1S/C18H21F2N3O3/c1-25-16-13(10-21-17(22-16)26-2)18(24)5-7-23(8-6-18)11-12-3-4-14(19)15(20)9-12/h3-4,9-10,24H,5-8,11H2,1-2H3. The fraction of sp³-hybridized carbons (Fsp3) is 0.444. The number of rotatable bonds is 5. The summed E-state index contributed by atoms with van der Waals surface area (Å²) in [4.78, 5) is 10.3. The SMILES string of the molecule is COc1ncc(C2(O)CCN(Cc3ccc(F)c(F)c3)CC2)c(OC)n1. The summed E-state index contributed by atoms with van der Waals surface area (Å²) >= 11 is 0. The van der Waals surface area contributed by atoms with Gasteiger partial charge in [0.1, 0.15) is 0 Å². The van der Waals surface area contributed by atoms with E-state index in [1.54, 1.807) is 6.07 Å². The third-order valence-electron chi connectivity index (χ3n) is 4.68. The minimum absolute atomic E-state index is 0.171. The molecule has 0 bridgehead atoms. The van der Waals surface area contributed by atoms with Crippen LogP contribution in [0.1, 0.15) is 24.0 Å². The van der Waals surface area contributed by atoms with Crippen molar-refractivity contribution in [2.75, 3.05) is 27.3 Å². The molecule has 0 radical (unpaired) electrons. The summed E-state index contributed by atoms with van der Waals surface area (Å²) in [5.41, 5.74) is 0.107. The third-order valence-corrected chi connectivity index (χ3v) is 4.68. The Balaban J connectivity index is 1.69. The van der Waals surface area contributed by atoms with Crippen molar-refractivity contribution in [1.29, 1.82) is 0 Å². The minimum atomic E-state index is -1.11. The summed E-state index contributed by atoms with van der Waals surface area (Å²) in [6.07, 6.45) is 2.42. The van der Waals surface area contributed by atoms with E-state index in [2.05, 4.69) is 14.9 Å². The minimum Gasteiger partial charge on any atom is -0.481 e. The molecule has 2 aromatic rings. The molecule has 3 rings (SSSR count). The molecule has 6 nitrogen and oxygen atoms in total. The summed E-state index contributed by atoms with van der Waals surface area (Å²) < 4.78 is 36.6. The predicted octanol–water partition coefficient (Wildman–Crippen LogP) is 2.26. The van der Waals surface area contributed by atoms with Crippen molar-refractivity contribution in [1.82, 2.24) is 14.9 Å². The molecule has 1 aromatic heterocycles. The molecule has 140 valence electrons. The lowest BCUT2D eigenvalue weighted by molar-refractivity contribution is -0.0300. The summed E-state index contributed by atoms with van der Waals surface area (Å²) in [6.45, 7) is 1.67. The van der Waals surface area contributed by atoms with Gasteiger partial charge in [-0.15, -0.1) is 0 Å². The van der Waals surface area contributed by atoms with Crippen LogP contribution in [0.3, 0.4) is 0 Å². The molecule has 0 spiro atoms. The van der Waals surface area contributed by atoms with Crippen LogP contribution in [0.25, 0.3) is 0 Å². The second kappa shape index (κ2) is 7.51. The zero-order chi connectivity index (χ0) is 18.7. The van der Waals surface area contributed by atoms with Gasteiger partial charge in [0, 0.05) is 25.8 Å². The first-order chi connectivity index (χ1) is 12.4. The van der Waals surface area contributed by atoms with Gasteiger partial charge in [-0.25, -0.2) is 13.8 Å². The van der Waals surface area contributed by atoms with Crippen molar-refractivity contribution in [2.24, 2.45) is 0 Å². The van der Waals surface area contributed by atoms with Crippen LogP contribution in [0.5, 0.6) is 11.9 Å². The highest BCUT2D eigenvalue weighted by Crippen LogP contribution is 2.37. The van der Waals surface area contributed by atoms with Crippen molar-refractivity contribution in [3.05, 3.63) is 47.2 Å². The maximum absolute atomic E-state index is 13.4. The van der Waals surface area contributed by atoms with Crippen LogP contribution in [0.15, 0.2) is 24.4 Å². The first-order valence-electron chi connectivity index (χ1n) is 8.29. The lowest BCUT2D eigenvalue weighted by atomic mass is 9.85. The van der Waals surface area contributed by atoms with Crippen LogP contribution in [0, 0.1) is 11.6 Å². The Labute approximate surface area is 150 Å². The topological polar surface area (TPSA) is 67.7 Å². The molecule has 1 aromatic carbocycles. The monoisotopic (exact) mass is 365 g/mol. The molecule has 1 fully saturated rings. The molecule has 0 saturated carbocycles. The molecule has 1 aliphatic rings. The van der Waals surface area contributed by atoms with Crippen molar-refractivity contribution in [2.45, 2.75) is 25.0 Å². The number of halogens is 2. The van der Waals surface area contributed by atoms with Crippen LogP contribution in [-0.2, 0) is 12.1 Å². The Morgan fingerprint density at radius 1 is 1.15 bits per heavy atom. The maximum Gasteiger partial charge on any atom is 0.319 e. The number of methoxy groups -OCH3 is 2. The van der Waals surface area contributed by atoms with Crippen LogP contribution in [0.2, 0.25) is 0 Å². The molecule has 2 heterocycles. The number of aromatic nitrogens is 2. The highest BCUT2D eigenvalue weighted by Gasteiger charge is 2.37. The number of hydrogen-bond donors (Lipinski definition) is 1. The average molecular weight is 365 g/mol. The van der Waals surface area contributed by atoms with Crippen LogP contribution < -0.4 is 9.47 Å². The molecule has 1 saturated heterocycles. The Bertz CT molecular complexity index is 780. The quantitative estimate of drug-likeness (QED) is 0.877. The van der Waals surface area contributed by atoms with Gasteiger partial charge in [0.2, 0.25) is 5.88 Å². The lowest BCUT2D eigenvalue weighted by Crippen LogP contribution is -2.42. The summed E-state index contributed by atoms with van der Waals surface area (Å²) in [6, 6.07) is 4.07. The van der Waals surface area contributed by atoms with Crippen molar-refractivity contribution < 1.29 is 23.4 Å². The molecule has 1 N–H and O–H groups in total. The van der Waals surface area contributed by atoms with Gasteiger partial charge in [-0.2, -0.15) is 4.98 Å². The fourth-order valence-electron chi connectivity index (χ4n) is 3.17. The largest absolute Gasteiger partial charge is 0.481 e. The first kappa shape index (κ1) is 18.5. The first-order valence-corrected chi connectivity index (χ1v) is 8.29. The van der Waals surface area contributed by atoms with Gasteiger partial charge >= 0.3 is 6.01 Å². The van der Waals surface area contributed by atoms with Crippen LogP contribution in [-0.4, -0.2) is 47.3 Å². The van der Waals surface area contributed by atoms with Crippen LogP contribution in [0.4, 0.5) is 8.78 Å². The van der Waals surface area contributed by atoms with Gasteiger partial charge in [-0.3, -0.25) is 4.90 Å². The zero-order valence-corrected chi connectivity index (χ0v) is 14.7. The molecule has 0 amide bonds. The maximum atomic E-state index is 13.4. The van der Waals surface area contributed by atoms with E-state index in [0.717, 1.165) is 6.07 Å². The Morgan fingerprint density at radius 2 is 1.88 bits per heavy atom. The smallest absolute Gasteiger partial charge is 0.319 e. The highest BCUT2D eigenvalue weighted by atomic mass is 19.2. The Hall–Kier alpha value is -2.32. The number of aliphatic hydroxyl groups is 1. The zero-order valence-electron chi connectivity index (χ0n) is 14.7. The molecule has 26 heavy (non-hydrogen) atoms. The highest BCUT2D eigenvalue weighted by molar-refractivity contribution is 5.32. The van der Waals surface area contributed by atoms with Crippen molar-refractivity contribution in [3.8, 4) is 11.9 Å². The summed E-state index contributed by atoms with van der Waals surface area (Å²) in [5.74, 6) is -1.42. The normalized spacial score (nSPS) is 17.1. The lowest BCUT2D eigenvalue weighted by Gasteiger charge is -2.38. The van der Waals surface area contributed by atoms with E-state index < -0.39 is 17.2 Å². The van der Waals surface area contributed by atoms with Crippen LogP contribution >= 0.6 is 0 Å². The second-order valence-electron chi connectivity index (χ2n) is 6.34. The molecule has 1 aliphatic heterocycles. The van der Waals surface area contributed by atoms with Gasteiger partial charge in [-0.1, -0.05) is 6.07 Å². The van der Waals surface area contributed by atoms with E-state index in [4.69, 9.17) is 9.47 Å². The average Bonchev–Trinajstić information content (AvgIpc) is 2.66. The summed E-state index contributed by atoms with van der Waals surface area (Å²) in [5, 5.41) is 11.0. The van der Waals surface area contributed by atoms with E-state index in [-0.39, 0.29) is 11.9 Å². The van der Waals surface area contributed by atoms with Crippen molar-refractivity contribution in [3.63, 3.8) is 0 Å². The number of piperidine rings is 1. The molecule has 8 heteroatoms. The molecular weight excluding hydrogens is 344 g/mol. The van der Waals surface area contributed by atoms with E-state index >= 15 is 0 Å². The molecular formula is C18H21F2N3O3. The van der Waals surface area contributed by atoms with E-state index in [9.17, 15) is 13.9 Å². The number of benzene rings is 1. The molecule has 0 aliphatic carbocycles. The molecule has 0 atom stereocenters. The Morgan fingerprint density at radius 3 is 2.50 bits per heavy atom. The van der Waals surface area contributed by atoms with Gasteiger partial charge < -0.3 is 14.6 Å². The van der Waals surface area contributed by atoms with Gasteiger partial charge in [0.15, 0.2) is 11.6 Å². The second-order valence-corrected chi connectivity index (χ2v) is 6.34. The van der Waals surface area contributed by atoms with E-state index in [0.29, 0.717) is 43.6 Å².